The highest BCUT2D eigenvalue weighted by molar-refractivity contribution is 7.99. The molecule has 0 bridgehead atoms. The van der Waals surface area contributed by atoms with Gasteiger partial charge in [0, 0.05) is 22.8 Å². The van der Waals surface area contributed by atoms with Crippen molar-refractivity contribution in [3.63, 3.8) is 0 Å². The van der Waals surface area contributed by atoms with Crippen LogP contribution in [-0.4, -0.2) is 24.7 Å². The lowest BCUT2D eigenvalue weighted by Gasteiger charge is -2.09. The van der Waals surface area contributed by atoms with Crippen molar-refractivity contribution in [3.05, 3.63) is 29.3 Å². The zero-order valence-electron chi connectivity index (χ0n) is 9.44. The Hall–Kier alpha value is -0.800. The summed E-state index contributed by atoms with van der Waals surface area (Å²) < 4.78 is 5.57. The fraction of sp³-hybridized carbons (Fsp3) is 0.462. The van der Waals surface area contributed by atoms with Gasteiger partial charge >= 0.3 is 0 Å². The molecule has 1 saturated heterocycles. The predicted molar refractivity (Wildman–Crippen MR) is 66.3 cm³/mol. The Bertz CT molecular complexity index is 370. The van der Waals surface area contributed by atoms with Crippen molar-refractivity contribution in [1.29, 1.82) is 0 Å². The van der Waals surface area contributed by atoms with Crippen LogP contribution >= 0.6 is 11.8 Å². The van der Waals surface area contributed by atoms with Crippen LogP contribution in [0.1, 0.15) is 28.8 Å². The largest absolute Gasteiger partial charge is 0.377 e. The van der Waals surface area contributed by atoms with Crippen LogP contribution in [0, 0.1) is 6.92 Å². The maximum Gasteiger partial charge on any atom is 0.150 e. The molecule has 1 aromatic rings. The molecule has 0 amide bonds. The van der Waals surface area contributed by atoms with Crippen LogP contribution < -0.4 is 0 Å². The highest BCUT2D eigenvalue weighted by Crippen LogP contribution is 2.25. The number of hydrogen-bond acceptors (Lipinski definition) is 3. The molecule has 0 aliphatic carbocycles. The van der Waals surface area contributed by atoms with Gasteiger partial charge in [-0.25, -0.2) is 0 Å². The summed E-state index contributed by atoms with van der Waals surface area (Å²) in [4.78, 5) is 11.9. The van der Waals surface area contributed by atoms with Gasteiger partial charge in [0.25, 0.3) is 0 Å². The van der Waals surface area contributed by atoms with E-state index in [1.54, 1.807) is 0 Å². The molecule has 0 aromatic heterocycles. The Balaban J connectivity index is 1.93. The molecule has 1 heterocycles. The molecule has 1 aliphatic heterocycles. The molecular formula is C13H16O2S. The molecule has 0 spiro atoms. The first-order valence-corrected chi connectivity index (χ1v) is 6.58. The second-order valence-electron chi connectivity index (χ2n) is 4.08. The Labute approximate surface area is 100 Å². The van der Waals surface area contributed by atoms with Crippen LogP contribution in [0.3, 0.4) is 0 Å². The van der Waals surface area contributed by atoms with Crippen LogP contribution in [0.15, 0.2) is 23.1 Å². The van der Waals surface area contributed by atoms with Gasteiger partial charge in [0.05, 0.1) is 6.10 Å². The maximum atomic E-state index is 10.7. The average Bonchev–Trinajstić information content (AvgIpc) is 2.79. The molecule has 1 unspecified atom stereocenters. The Kier molecular flexibility index (Phi) is 4.02. The number of carbonyl (C=O) groups is 1. The monoisotopic (exact) mass is 236 g/mol. The SMILES string of the molecule is Cc1cc(SCC2CCCO2)ccc1C=O. The molecule has 2 nitrogen and oxygen atoms in total. The minimum atomic E-state index is 0.413. The van der Waals surface area contributed by atoms with Crippen LogP contribution in [0.4, 0.5) is 0 Å². The first-order chi connectivity index (χ1) is 7.79. The minimum absolute atomic E-state index is 0.413. The van der Waals surface area contributed by atoms with Gasteiger partial charge < -0.3 is 4.74 Å². The lowest BCUT2D eigenvalue weighted by atomic mass is 10.1. The zero-order valence-corrected chi connectivity index (χ0v) is 10.3. The third-order valence-electron chi connectivity index (χ3n) is 2.83. The maximum absolute atomic E-state index is 10.7. The van der Waals surface area contributed by atoms with Crippen LogP contribution in [-0.2, 0) is 4.74 Å². The van der Waals surface area contributed by atoms with Crippen molar-refractivity contribution in [1.82, 2.24) is 0 Å². The van der Waals surface area contributed by atoms with Crippen molar-refractivity contribution >= 4 is 18.0 Å². The van der Waals surface area contributed by atoms with Crippen LogP contribution in [0.25, 0.3) is 0 Å². The number of rotatable bonds is 4. The van der Waals surface area contributed by atoms with Crippen molar-refractivity contribution in [2.45, 2.75) is 30.8 Å². The van der Waals surface area contributed by atoms with E-state index < -0.39 is 0 Å². The van der Waals surface area contributed by atoms with Crippen molar-refractivity contribution in [3.8, 4) is 0 Å². The van der Waals surface area contributed by atoms with E-state index in [2.05, 4.69) is 6.07 Å². The second-order valence-corrected chi connectivity index (χ2v) is 5.18. The molecule has 1 aromatic carbocycles. The minimum Gasteiger partial charge on any atom is -0.377 e. The summed E-state index contributed by atoms with van der Waals surface area (Å²) in [7, 11) is 0. The molecule has 0 saturated carbocycles. The summed E-state index contributed by atoms with van der Waals surface area (Å²) in [5.74, 6) is 1.01. The van der Waals surface area contributed by atoms with E-state index in [1.165, 1.54) is 17.7 Å². The molecule has 1 aliphatic rings. The van der Waals surface area contributed by atoms with E-state index >= 15 is 0 Å². The first kappa shape index (κ1) is 11.7. The molecule has 1 atom stereocenters. The summed E-state index contributed by atoms with van der Waals surface area (Å²) in [5.41, 5.74) is 1.83. The lowest BCUT2D eigenvalue weighted by Crippen LogP contribution is -2.07. The van der Waals surface area contributed by atoms with Crippen LogP contribution in [0.5, 0.6) is 0 Å². The fourth-order valence-corrected chi connectivity index (χ4v) is 2.90. The summed E-state index contributed by atoms with van der Waals surface area (Å²) in [5, 5.41) is 0. The number of aryl methyl sites for hydroxylation is 1. The quantitative estimate of drug-likeness (QED) is 0.593. The lowest BCUT2D eigenvalue weighted by molar-refractivity contribution is 0.112. The number of carbonyl (C=O) groups excluding carboxylic acids is 1. The standard InChI is InChI=1S/C13H16O2S/c1-10-7-13(5-4-11(10)8-14)16-9-12-3-2-6-15-12/h4-5,7-8,12H,2-3,6,9H2,1H3. The topological polar surface area (TPSA) is 26.3 Å². The van der Waals surface area contributed by atoms with E-state index in [0.717, 1.165) is 29.8 Å². The molecule has 2 rings (SSSR count). The van der Waals surface area contributed by atoms with Gasteiger partial charge in [-0.3, -0.25) is 4.79 Å². The number of thioether (sulfide) groups is 1. The summed E-state index contributed by atoms with van der Waals surface area (Å²) in [6, 6.07) is 5.97. The normalized spacial score (nSPS) is 19.9. The summed E-state index contributed by atoms with van der Waals surface area (Å²) in [6.07, 6.45) is 3.69. The summed E-state index contributed by atoms with van der Waals surface area (Å²) in [6.45, 7) is 2.88. The zero-order chi connectivity index (χ0) is 11.4. The van der Waals surface area contributed by atoms with Gasteiger partial charge in [0.1, 0.15) is 6.29 Å². The Morgan fingerprint density at radius 2 is 2.44 bits per heavy atom. The molecule has 0 radical (unpaired) electrons. The van der Waals surface area contributed by atoms with Gasteiger partial charge in [0.15, 0.2) is 0 Å². The molecule has 1 fully saturated rings. The number of aldehydes is 1. The smallest absolute Gasteiger partial charge is 0.150 e. The third kappa shape index (κ3) is 2.86. The van der Waals surface area contributed by atoms with Crippen molar-refractivity contribution in [2.24, 2.45) is 0 Å². The Morgan fingerprint density at radius 1 is 1.56 bits per heavy atom. The number of benzene rings is 1. The van der Waals surface area contributed by atoms with Gasteiger partial charge in [-0.1, -0.05) is 6.07 Å². The average molecular weight is 236 g/mol. The third-order valence-corrected chi connectivity index (χ3v) is 3.95. The fourth-order valence-electron chi connectivity index (χ4n) is 1.84. The molecule has 0 N–H and O–H groups in total. The van der Waals surface area contributed by atoms with Crippen molar-refractivity contribution < 1.29 is 9.53 Å². The Morgan fingerprint density at radius 3 is 3.06 bits per heavy atom. The molecule has 86 valence electrons. The van der Waals surface area contributed by atoms with Crippen molar-refractivity contribution in [2.75, 3.05) is 12.4 Å². The van der Waals surface area contributed by atoms with E-state index in [0.29, 0.717) is 6.10 Å². The first-order valence-electron chi connectivity index (χ1n) is 5.60. The van der Waals surface area contributed by atoms with Gasteiger partial charge in [0.2, 0.25) is 0 Å². The van der Waals surface area contributed by atoms with E-state index in [9.17, 15) is 4.79 Å². The van der Waals surface area contributed by atoms with E-state index in [-0.39, 0.29) is 0 Å². The molecule has 16 heavy (non-hydrogen) atoms. The van der Waals surface area contributed by atoms with Crippen LogP contribution in [0.2, 0.25) is 0 Å². The van der Waals surface area contributed by atoms with Gasteiger partial charge in [-0.15, -0.1) is 11.8 Å². The number of ether oxygens (including phenoxy) is 1. The predicted octanol–water partition coefficient (Wildman–Crippen LogP) is 3.08. The van der Waals surface area contributed by atoms with E-state index in [4.69, 9.17) is 4.74 Å². The van der Waals surface area contributed by atoms with Gasteiger partial charge in [-0.05, 0) is 37.5 Å². The molecular weight excluding hydrogens is 220 g/mol. The summed E-state index contributed by atoms with van der Waals surface area (Å²) >= 11 is 1.81. The highest BCUT2D eigenvalue weighted by atomic mass is 32.2. The van der Waals surface area contributed by atoms with Gasteiger partial charge in [-0.2, -0.15) is 0 Å². The number of hydrogen-bond donors (Lipinski definition) is 0. The second kappa shape index (κ2) is 5.51. The molecule has 3 heteroatoms. The van der Waals surface area contributed by atoms with E-state index in [1.807, 2.05) is 30.8 Å². The highest BCUT2D eigenvalue weighted by Gasteiger charge is 2.15.